The second kappa shape index (κ2) is 2.94. The molecule has 0 atom stereocenters. The Morgan fingerprint density at radius 3 is 3.17 bits per heavy atom. The summed E-state index contributed by atoms with van der Waals surface area (Å²) >= 11 is 0. The van der Waals surface area contributed by atoms with Gasteiger partial charge >= 0.3 is 0 Å². The predicted molar refractivity (Wildman–Crippen MR) is 52.7 cm³/mol. The normalized spacial score (nSPS) is 14.0. The van der Waals surface area contributed by atoms with Crippen LogP contribution in [-0.4, -0.2) is 12.8 Å². The number of rotatable bonds is 1. The minimum Gasteiger partial charge on any atom is -0.292 e. The van der Waals surface area contributed by atoms with Gasteiger partial charge < -0.3 is 0 Å². The highest BCUT2D eigenvalue weighted by Gasteiger charge is 2.03. The van der Waals surface area contributed by atoms with Crippen LogP contribution in [0.4, 0.5) is 0 Å². The van der Waals surface area contributed by atoms with Crippen molar-refractivity contribution in [2.45, 2.75) is 6.42 Å². The Labute approximate surface area is 72.5 Å². The largest absolute Gasteiger partial charge is 0.292 e. The van der Waals surface area contributed by atoms with Crippen molar-refractivity contribution in [3.63, 3.8) is 0 Å². The van der Waals surface area contributed by atoms with Crippen molar-refractivity contribution < 1.29 is 0 Å². The van der Waals surface area contributed by atoms with E-state index in [1.165, 1.54) is 16.7 Å². The zero-order valence-corrected chi connectivity index (χ0v) is 6.96. The van der Waals surface area contributed by atoms with E-state index in [0.29, 0.717) is 0 Å². The Balaban J connectivity index is 2.50. The molecule has 0 saturated heterocycles. The highest BCUT2D eigenvalue weighted by molar-refractivity contribution is 5.83. The third kappa shape index (κ3) is 1.18. The molecule has 2 rings (SSSR count). The summed E-state index contributed by atoms with van der Waals surface area (Å²) in [5.41, 5.74) is 3.85. The van der Waals surface area contributed by atoms with Crippen molar-refractivity contribution in [3.8, 4) is 0 Å². The zero-order valence-electron chi connectivity index (χ0n) is 6.96. The maximum Gasteiger partial charge on any atom is 0.0430 e. The van der Waals surface area contributed by atoms with E-state index in [9.17, 15) is 0 Å². The monoisotopic (exact) mass is 157 g/mol. The molecule has 1 aliphatic rings. The second-order valence-electron chi connectivity index (χ2n) is 2.95. The molecule has 0 unspecified atom stereocenters. The topological polar surface area (TPSA) is 12.4 Å². The van der Waals surface area contributed by atoms with Crippen molar-refractivity contribution in [2.24, 2.45) is 4.99 Å². The molecule has 0 spiro atoms. The first-order chi connectivity index (χ1) is 5.90. The molecule has 1 heteroatoms. The molecule has 1 nitrogen and oxygen atoms in total. The van der Waals surface area contributed by atoms with Crippen molar-refractivity contribution in [1.82, 2.24) is 0 Å². The molecule has 0 aromatic heterocycles. The fourth-order valence-corrected chi connectivity index (χ4v) is 1.44. The number of hydrogen-bond acceptors (Lipinski definition) is 1. The highest BCUT2D eigenvalue weighted by atomic mass is 14.7. The third-order valence-corrected chi connectivity index (χ3v) is 2.14. The SMILES string of the molecule is C=Cc1ccc2c(c1)CCN=C2. The lowest BCUT2D eigenvalue weighted by atomic mass is 10.0. The summed E-state index contributed by atoms with van der Waals surface area (Å²) in [6, 6.07) is 6.37. The molecular formula is C11H11N. The minimum absolute atomic E-state index is 0.924. The zero-order chi connectivity index (χ0) is 8.39. The Kier molecular flexibility index (Phi) is 1.78. The van der Waals surface area contributed by atoms with Crippen molar-refractivity contribution in [1.29, 1.82) is 0 Å². The van der Waals surface area contributed by atoms with E-state index in [-0.39, 0.29) is 0 Å². The summed E-state index contributed by atoms with van der Waals surface area (Å²) < 4.78 is 0. The summed E-state index contributed by atoms with van der Waals surface area (Å²) in [7, 11) is 0. The molecule has 0 bridgehead atoms. The van der Waals surface area contributed by atoms with Crippen LogP contribution in [0, 0.1) is 0 Å². The average molecular weight is 157 g/mol. The van der Waals surface area contributed by atoms with E-state index in [2.05, 4.69) is 29.8 Å². The first kappa shape index (κ1) is 7.29. The average Bonchev–Trinajstić information content (AvgIpc) is 2.17. The van der Waals surface area contributed by atoms with Crippen LogP contribution in [0.1, 0.15) is 16.7 Å². The molecule has 0 amide bonds. The molecule has 1 aromatic carbocycles. The van der Waals surface area contributed by atoms with Gasteiger partial charge in [-0.25, -0.2) is 0 Å². The first-order valence-corrected chi connectivity index (χ1v) is 4.15. The Morgan fingerprint density at radius 2 is 2.33 bits per heavy atom. The Hall–Kier alpha value is -1.37. The van der Waals surface area contributed by atoms with E-state index in [0.717, 1.165) is 13.0 Å². The summed E-state index contributed by atoms with van der Waals surface area (Å²) in [6.07, 6.45) is 4.89. The molecule has 0 N–H and O–H groups in total. The number of aliphatic imine (C=N–C) groups is 1. The van der Waals surface area contributed by atoms with Crippen LogP contribution in [0.2, 0.25) is 0 Å². The van der Waals surface area contributed by atoms with Crippen LogP contribution in [-0.2, 0) is 6.42 Å². The second-order valence-corrected chi connectivity index (χ2v) is 2.95. The number of fused-ring (bicyclic) bond motifs is 1. The smallest absolute Gasteiger partial charge is 0.0430 e. The summed E-state index contributed by atoms with van der Waals surface area (Å²) in [6.45, 7) is 4.67. The lowest BCUT2D eigenvalue weighted by molar-refractivity contribution is 0.952. The molecule has 0 radical (unpaired) electrons. The molecule has 12 heavy (non-hydrogen) atoms. The van der Waals surface area contributed by atoms with Gasteiger partial charge in [0.05, 0.1) is 0 Å². The van der Waals surface area contributed by atoms with Crippen LogP contribution in [0.15, 0.2) is 29.8 Å². The lowest BCUT2D eigenvalue weighted by Crippen LogP contribution is -2.02. The maximum absolute atomic E-state index is 4.22. The van der Waals surface area contributed by atoms with Gasteiger partial charge in [0.1, 0.15) is 0 Å². The van der Waals surface area contributed by atoms with Crippen LogP contribution in [0.5, 0.6) is 0 Å². The van der Waals surface area contributed by atoms with Crippen molar-refractivity contribution >= 4 is 12.3 Å². The van der Waals surface area contributed by atoms with Crippen molar-refractivity contribution in [3.05, 3.63) is 41.5 Å². The van der Waals surface area contributed by atoms with E-state index in [1.807, 2.05) is 12.3 Å². The first-order valence-electron chi connectivity index (χ1n) is 4.15. The Morgan fingerprint density at radius 1 is 1.42 bits per heavy atom. The molecule has 1 aromatic rings. The van der Waals surface area contributed by atoms with Crippen LogP contribution in [0.3, 0.4) is 0 Å². The van der Waals surface area contributed by atoms with Crippen LogP contribution < -0.4 is 0 Å². The number of nitrogens with zero attached hydrogens (tertiary/aromatic N) is 1. The summed E-state index contributed by atoms with van der Waals surface area (Å²) in [4.78, 5) is 4.22. The predicted octanol–water partition coefficient (Wildman–Crippen LogP) is 2.30. The van der Waals surface area contributed by atoms with E-state index in [4.69, 9.17) is 0 Å². The van der Waals surface area contributed by atoms with Crippen LogP contribution in [0.25, 0.3) is 6.08 Å². The lowest BCUT2D eigenvalue weighted by Gasteiger charge is -2.09. The molecule has 1 aliphatic heterocycles. The summed E-state index contributed by atoms with van der Waals surface area (Å²) in [5.74, 6) is 0. The van der Waals surface area contributed by atoms with Gasteiger partial charge in [-0.15, -0.1) is 0 Å². The highest BCUT2D eigenvalue weighted by Crippen LogP contribution is 2.14. The maximum atomic E-state index is 4.22. The molecule has 0 saturated carbocycles. The van der Waals surface area contributed by atoms with E-state index in [1.54, 1.807) is 0 Å². The standard InChI is InChI=1S/C11H11N/c1-2-9-3-4-11-8-12-6-5-10(11)7-9/h2-4,7-8H,1,5-6H2. The van der Waals surface area contributed by atoms with Gasteiger partial charge in [-0.2, -0.15) is 0 Å². The van der Waals surface area contributed by atoms with Gasteiger partial charge in [-0.3, -0.25) is 4.99 Å². The number of hydrogen-bond donors (Lipinski definition) is 0. The summed E-state index contributed by atoms with van der Waals surface area (Å²) in [5, 5.41) is 0. The van der Waals surface area contributed by atoms with Gasteiger partial charge in [0, 0.05) is 12.8 Å². The number of benzene rings is 1. The van der Waals surface area contributed by atoms with E-state index >= 15 is 0 Å². The van der Waals surface area contributed by atoms with Gasteiger partial charge in [0.2, 0.25) is 0 Å². The Bertz CT molecular complexity index is 337. The van der Waals surface area contributed by atoms with Crippen molar-refractivity contribution in [2.75, 3.05) is 6.54 Å². The van der Waals surface area contributed by atoms with Gasteiger partial charge in [0.25, 0.3) is 0 Å². The van der Waals surface area contributed by atoms with E-state index < -0.39 is 0 Å². The third-order valence-electron chi connectivity index (χ3n) is 2.14. The molecule has 0 fully saturated rings. The molecule has 60 valence electrons. The quantitative estimate of drug-likeness (QED) is 0.593. The molecule has 0 aliphatic carbocycles. The van der Waals surface area contributed by atoms with Gasteiger partial charge in [-0.1, -0.05) is 30.9 Å². The fourth-order valence-electron chi connectivity index (χ4n) is 1.44. The van der Waals surface area contributed by atoms with Gasteiger partial charge in [-0.05, 0) is 23.1 Å². The van der Waals surface area contributed by atoms with Gasteiger partial charge in [0.15, 0.2) is 0 Å². The minimum atomic E-state index is 0.924. The molecule has 1 heterocycles. The fraction of sp³-hybridized carbons (Fsp3) is 0.182. The molecular weight excluding hydrogens is 146 g/mol. The van der Waals surface area contributed by atoms with Crippen LogP contribution >= 0.6 is 0 Å².